The molecule has 1 aromatic heterocycles. The van der Waals surface area contributed by atoms with Crippen molar-refractivity contribution in [3.8, 4) is 11.8 Å². The van der Waals surface area contributed by atoms with Crippen LogP contribution in [0, 0.1) is 11.3 Å². The molecule has 1 N–H and O–H groups in total. The Labute approximate surface area is 168 Å². The molecule has 146 valence electrons. The summed E-state index contributed by atoms with van der Waals surface area (Å²) in [5.74, 6) is -0.715. The van der Waals surface area contributed by atoms with Crippen molar-refractivity contribution in [1.29, 1.82) is 5.26 Å². The monoisotopic (exact) mass is 398 g/mol. The van der Waals surface area contributed by atoms with Crippen molar-refractivity contribution in [2.24, 2.45) is 0 Å². The van der Waals surface area contributed by atoms with Gasteiger partial charge < -0.3 is 14.8 Å². The third-order valence-electron chi connectivity index (χ3n) is 4.75. The second-order valence-electron chi connectivity index (χ2n) is 6.62. The van der Waals surface area contributed by atoms with Crippen LogP contribution < -0.4 is 10.1 Å². The second-order valence-corrected chi connectivity index (χ2v) is 7.72. The van der Waals surface area contributed by atoms with E-state index >= 15 is 0 Å². The molecule has 1 atom stereocenters. The highest BCUT2D eigenvalue weighted by molar-refractivity contribution is 7.16. The van der Waals surface area contributed by atoms with Gasteiger partial charge in [-0.15, -0.1) is 11.3 Å². The van der Waals surface area contributed by atoms with E-state index in [1.165, 1.54) is 30.2 Å². The van der Waals surface area contributed by atoms with Gasteiger partial charge in [-0.2, -0.15) is 5.26 Å². The Hall–Kier alpha value is -2.85. The smallest absolute Gasteiger partial charge is 0.342 e. The topological polar surface area (TPSA) is 88.4 Å². The van der Waals surface area contributed by atoms with Gasteiger partial charge in [-0.3, -0.25) is 4.79 Å². The SMILES string of the molecule is COc1ccccc1C(=O)OC(C)C(=O)Nc1sc2c(c1C#N)CCCCC2. The van der Waals surface area contributed by atoms with Gasteiger partial charge in [-0.05, 0) is 50.3 Å². The quantitative estimate of drug-likeness (QED) is 0.605. The maximum absolute atomic E-state index is 12.6. The summed E-state index contributed by atoms with van der Waals surface area (Å²) in [6.07, 6.45) is 4.10. The lowest BCUT2D eigenvalue weighted by Gasteiger charge is -2.14. The molecule has 1 aliphatic carbocycles. The van der Waals surface area contributed by atoms with E-state index in [1.54, 1.807) is 24.3 Å². The van der Waals surface area contributed by atoms with Gasteiger partial charge in [0, 0.05) is 4.88 Å². The van der Waals surface area contributed by atoms with Gasteiger partial charge in [0.15, 0.2) is 6.10 Å². The first-order chi connectivity index (χ1) is 13.5. The zero-order chi connectivity index (χ0) is 20.1. The molecule has 7 heteroatoms. The number of nitrogens with zero attached hydrogens (tertiary/aromatic N) is 1. The number of hydrogen-bond donors (Lipinski definition) is 1. The van der Waals surface area contributed by atoms with E-state index in [1.807, 2.05) is 0 Å². The Kier molecular flexibility index (Phi) is 6.32. The number of para-hydroxylation sites is 1. The van der Waals surface area contributed by atoms with Crippen LogP contribution in [-0.2, 0) is 22.4 Å². The lowest BCUT2D eigenvalue weighted by Crippen LogP contribution is -2.30. The van der Waals surface area contributed by atoms with Gasteiger partial charge in [0.05, 0.1) is 12.7 Å². The fraction of sp³-hybridized carbons (Fsp3) is 0.381. The Morgan fingerprint density at radius 3 is 2.71 bits per heavy atom. The van der Waals surface area contributed by atoms with Crippen molar-refractivity contribution < 1.29 is 19.1 Å². The zero-order valence-corrected chi connectivity index (χ0v) is 16.7. The first-order valence-corrected chi connectivity index (χ1v) is 10.1. The number of thiophene rings is 1. The minimum atomic E-state index is -1.01. The Morgan fingerprint density at radius 2 is 1.96 bits per heavy atom. The number of ether oxygens (including phenoxy) is 2. The number of nitrogens with one attached hydrogen (secondary N) is 1. The number of carbonyl (C=O) groups is 2. The summed E-state index contributed by atoms with van der Waals surface area (Å²) < 4.78 is 10.5. The third-order valence-corrected chi connectivity index (χ3v) is 5.96. The minimum absolute atomic E-state index is 0.255. The summed E-state index contributed by atoms with van der Waals surface area (Å²) in [6.45, 7) is 1.51. The van der Waals surface area contributed by atoms with Crippen molar-refractivity contribution >= 4 is 28.2 Å². The first-order valence-electron chi connectivity index (χ1n) is 9.24. The van der Waals surface area contributed by atoms with Gasteiger partial charge in [-0.25, -0.2) is 4.79 Å². The number of hydrogen-bond acceptors (Lipinski definition) is 6. The number of rotatable bonds is 5. The summed E-state index contributed by atoms with van der Waals surface area (Å²) in [4.78, 5) is 26.1. The molecule has 0 fully saturated rings. The molecule has 0 spiro atoms. The van der Waals surface area contributed by atoms with Gasteiger partial charge in [0.25, 0.3) is 5.91 Å². The predicted molar refractivity (Wildman–Crippen MR) is 107 cm³/mol. The van der Waals surface area contributed by atoms with Crippen molar-refractivity contribution in [2.45, 2.75) is 45.1 Å². The van der Waals surface area contributed by atoms with Crippen LogP contribution in [0.2, 0.25) is 0 Å². The fourth-order valence-electron chi connectivity index (χ4n) is 3.25. The summed E-state index contributed by atoms with van der Waals surface area (Å²) in [5.41, 5.74) is 1.85. The van der Waals surface area contributed by atoms with Crippen molar-refractivity contribution in [3.05, 3.63) is 45.8 Å². The predicted octanol–water partition coefficient (Wildman–Crippen LogP) is 4.08. The number of esters is 1. The fourth-order valence-corrected chi connectivity index (χ4v) is 4.50. The maximum Gasteiger partial charge on any atom is 0.342 e. The molecule has 1 aromatic carbocycles. The maximum atomic E-state index is 12.6. The first kappa shape index (κ1) is 19.9. The van der Waals surface area contributed by atoms with E-state index in [0.717, 1.165) is 37.7 Å². The van der Waals surface area contributed by atoms with Crippen LogP contribution in [0.4, 0.5) is 5.00 Å². The molecule has 1 aliphatic rings. The molecular weight excluding hydrogens is 376 g/mol. The van der Waals surface area contributed by atoms with Gasteiger partial charge in [-0.1, -0.05) is 18.6 Å². The summed E-state index contributed by atoms with van der Waals surface area (Å²) >= 11 is 1.45. The molecule has 0 saturated heterocycles. The number of anilines is 1. The molecule has 3 rings (SSSR count). The van der Waals surface area contributed by atoms with E-state index in [2.05, 4.69) is 11.4 Å². The Bertz CT molecular complexity index is 929. The van der Waals surface area contributed by atoms with Crippen LogP contribution in [0.1, 0.15) is 52.5 Å². The Morgan fingerprint density at radius 1 is 1.21 bits per heavy atom. The van der Waals surface area contributed by atoms with E-state index in [-0.39, 0.29) is 5.56 Å². The normalized spacial score (nSPS) is 14.2. The summed E-state index contributed by atoms with van der Waals surface area (Å²) in [7, 11) is 1.46. The lowest BCUT2D eigenvalue weighted by molar-refractivity contribution is -0.123. The summed E-state index contributed by atoms with van der Waals surface area (Å²) in [6, 6.07) is 8.90. The Balaban J connectivity index is 1.71. The average molecular weight is 398 g/mol. The van der Waals surface area contributed by atoms with Crippen LogP contribution in [-0.4, -0.2) is 25.1 Å². The zero-order valence-electron chi connectivity index (χ0n) is 15.9. The molecule has 0 radical (unpaired) electrons. The van der Waals surface area contributed by atoms with Gasteiger partial charge >= 0.3 is 5.97 Å². The molecule has 1 amide bonds. The van der Waals surface area contributed by atoms with E-state index in [4.69, 9.17) is 9.47 Å². The van der Waals surface area contributed by atoms with Crippen LogP contribution in [0.15, 0.2) is 24.3 Å². The third kappa shape index (κ3) is 4.18. The van der Waals surface area contributed by atoms with Crippen LogP contribution in [0.25, 0.3) is 0 Å². The average Bonchev–Trinajstić information content (AvgIpc) is 2.86. The molecule has 28 heavy (non-hydrogen) atoms. The molecule has 0 aliphatic heterocycles. The highest BCUT2D eigenvalue weighted by Gasteiger charge is 2.25. The highest BCUT2D eigenvalue weighted by atomic mass is 32.1. The number of aryl methyl sites for hydroxylation is 1. The van der Waals surface area contributed by atoms with Crippen molar-refractivity contribution in [1.82, 2.24) is 0 Å². The number of amides is 1. The molecule has 2 aromatic rings. The minimum Gasteiger partial charge on any atom is -0.496 e. The lowest BCUT2D eigenvalue weighted by atomic mass is 10.1. The van der Waals surface area contributed by atoms with Crippen molar-refractivity contribution in [3.63, 3.8) is 0 Å². The molecule has 0 bridgehead atoms. The molecule has 6 nitrogen and oxygen atoms in total. The number of carbonyl (C=O) groups excluding carboxylic acids is 2. The number of benzene rings is 1. The van der Waals surface area contributed by atoms with E-state index in [9.17, 15) is 14.9 Å². The number of fused-ring (bicyclic) bond motifs is 1. The van der Waals surface area contributed by atoms with Crippen molar-refractivity contribution in [2.75, 3.05) is 12.4 Å². The second kappa shape index (κ2) is 8.89. The highest BCUT2D eigenvalue weighted by Crippen LogP contribution is 2.37. The molecule has 0 saturated carbocycles. The van der Waals surface area contributed by atoms with E-state index in [0.29, 0.717) is 16.3 Å². The number of methoxy groups -OCH3 is 1. The van der Waals surface area contributed by atoms with Gasteiger partial charge in [0.1, 0.15) is 22.4 Å². The van der Waals surface area contributed by atoms with E-state index < -0.39 is 18.0 Å². The standard InChI is InChI=1S/C21H22N2O4S/c1-13(27-21(25)15-9-6-7-10-17(15)26-2)19(24)23-20-16(12-22)14-8-4-3-5-11-18(14)28-20/h6-7,9-10,13H,3-5,8,11H2,1-2H3,(H,23,24). The summed E-state index contributed by atoms with van der Waals surface area (Å²) in [5, 5.41) is 12.9. The largest absolute Gasteiger partial charge is 0.496 e. The molecule has 1 unspecified atom stereocenters. The molecule has 1 heterocycles. The molecular formula is C21H22N2O4S. The van der Waals surface area contributed by atoms with Gasteiger partial charge in [0.2, 0.25) is 0 Å². The van der Waals surface area contributed by atoms with Crippen LogP contribution in [0.3, 0.4) is 0 Å². The number of nitriles is 1. The van der Waals surface area contributed by atoms with Crippen LogP contribution in [0.5, 0.6) is 5.75 Å². The van der Waals surface area contributed by atoms with Crippen LogP contribution >= 0.6 is 11.3 Å².